The molecule has 1 rings (SSSR count). The molecule has 0 aromatic carbocycles. The highest BCUT2D eigenvalue weighted by atomic mass is 16.1. The van der Waals surface area contributed by atoms with Crippen LogP contribution in [0.15, 0.2) is 0 Å². The van der Waals surface area contributed by atoms with E-state index in [1.807, 2.05) is 13.8 Å². The number of carbonyl (C=O) groups excluding carboxylic acids is 1. The van der Waals surface area contributed by atoms with Crippen LogP contribution >= 0.6 is 0 Å². The van der Waals surface area contributed by atoms with E-state index in [2.05, 4.69) is 17.3 Å². The Bertz CT molecular complexity index is 198. The second-order valence-corrected chi connectivity index (χ2v) is 4.86. The molecule has 0 aromatic heterocycles. The third kappa shape index (κ3) is 4.20. The Hall–Kier alpha value is -0.570. The zero-order valence-electron chi connectivity index (χ0n) is 10.3. The van der Waals surface area contributed by atoms with Crippen molar-refractivity contribution < 1.29 is 4.79 Å². The van der Waals surface area contributed by atoms with Crippen LogP contribution in [0.25, 0.3) is 0 Å². The lowest BCUT2D eigenvalue weighted by molar-refractivity contribution is -0.124. The van der Waals surface area contributed by atoms with Crippen LogP contribution in [0.1, 0.15) is 39.5 Å². The predicted octanol–water partition coefficient (Wildman–Crippen LogP) is 1.63. The summed E-state index contributed by atoms with van der Waals surface area (Å²) in [5.41, 5.74) is 0. The van der Waals surface area contributed by atoms with Gasteiger partial charge in [-0.3, -0.25) is 4.79 Å². The average Bonchev–Trinajstić information content (AvgIpc) is 2.70. The molecule has 15 heavy (non-hydrogen) atoms. The van der Waals surface area contributed by atoms with Crippen LogP contribution in [0.5, 0.6) is 0 Å². The van der Waals surface area contributed by atoms with Crippen molar-refractivity contribution in [2.75, 3.05) is 20.1 Å². The van der Waals surface area contributed by atoms with Crippen LogP contribution in [0.2, 0.25) is 0 Å². The van der Waals surface area contributed by atoms with Gasteiger partial charge in [-0.15, -0.1) is 0 Å². The highest BCUT2D eigenvalue weighted by molar-refractivity contribution is 5.77. The Morgan fingerprint density at radius 3 is 2.53 bits per heavy atom. The summed E-state index contributed by atoms with van der Waals surface area (Å²) in [6.07, 6.45) is 5.39. The minimum Gasteiger partial charge on any atom is -0.355 e. The van der Waals surface area contributed by atoms with Gasteiger partial charge in [0.05, 0.1) is 0 Å². The van der Waals surface area contributed by atoms with Gasteiger partial charge in [0.25, 0.3) is 0 Å². The number of carbonyl (C=O) groups is 1. The van der Waals surface area contributed by atoms with E-state index in [4.69, 9.17) is 0 Å². The van der Waals surface area contributed by atoms with Crippen molar-refractivity contribution >= 4 is 5.91 Å². The molecule has 1 aliphatic rings. The second kappa shape index (κ2) is 6.11. The Labute approximate surface area is 93.2 Å². The molecule has 0 heterocycles. The third-order valence-corrected chi connectivity index (χ3v) is 3.24. The van der Waals surface area contributed by atoms with Crippen LogP contribution < -0.4 is 5.32 Å². The minimum atomic E-state index is 0.0989. The van der Waals surface area contributed by atoms with Crippen molar-refractivity contribution in [2.45, 2.75) is 45.6 Å². The summed E-state index contributed by atoms with van der Waals surface area (Å²) in [7, 11) is 2.16. The van der Waals surface area contributed by atoms with Crippen molar-refractivity contribution in [3.05, 3.63) is 0 Å². The minimum absolute atomic E-state index is 0.0989. The van der Waals surface area contributed by atoms with E-state index in [0.717, 1.165) is 19.1 Å². The van der Waals surface area contributed by atoms with Crippen LogP contribution in [0.3, 0.4) is 0 Å². The molecule has 3 nitrogen and oxygen atoms in total. The van der Waals surface area contributed by atoms with E-state index < -0.39 is 0 Å². The van der Waals surface area contributed by atoms with E-state index >= 15 is 0 Å². The number of hydrogen-bond donors (Lipinski definition) is 1. The van der Waals surface area contributed by atoms with Gasteiger partial charge in [-0.1, -0.05) is 26.7 Å². The first kappa shape index (κ1) is 12.5. The van der Waals surface area contributed by atoms with E-state index in [1.54, 1.807) is 0 Å². The molecule has 3 heteroatoms. The molecule has 0 saturated heterocycles. The van der Waals surface area contributed by atoms with Crippen molar-refractivity contribution in [1.82, 2.24) is 10.2 Å². The van der Waals surface area contributed by atoms with Crippen LogP contribution in [0, 0.1) is 5.92 Å². The van der Waals surface area contributed by atoms with Crippen LogP contribution in [0.4, 0.5) is 0 Å². The van der Waals surface area contributed by atoms with Gasteiger partial charge in [-0.05, 0) is 19.9 Å². The lowest BCUT2D eigenvalue weighted by Crippen LogP contribution is -2.38. The Balaban J connectivity index is 2.11. The summed E-state index contributed by atoms with van der Waals surface area (Å²) in [4.78, 5) is 13.7. The number of nitrogens with zero attached hydrogens (tertiary/aromatic N) is 1. The molecule has 1 amide bonds. The molecule has 1 saturated carbocycles. The summed E-state index contributed by atoms with van der Waals surface area (Å²) in [5, 5.41) is 2.96. The van der Waals surface area contributed by atoms with E-state index in [0.29, 0.717) is 0 Å². The highest BCUT2D eigenvalue weighted by Crippen LogP contribution is 2.21. The molecule has 88 valence electrons. The summed E-state index contributed by atoms with van der Waals surface area (Å²) < 4.78 is 0. The second-order valence-electron chi connectivity index (χ2n) is 4.86. The van der Waals surface area contributed by atoms with Crippen molar-refractivity contribution in [2.24, 2.45) is 5.92 Å². The maximum Gasteiger partial charge on any atom is 0.222 e. The topological polar surface area (TPSA) is 32.3 Å². The van der Waals surface area contributed by atoms with Gasteiger partial charge >= 0.3 is 0 Å². The van der Waals surface area contributed by atoms with Crippen molar-refractivity contribution in [1.29, 1.82) is 0 Å². The number of likely N-dealkylation sites (N-methyl/N-ethyl adjacent to an activating group) is 1. The number of hydrogen-bond acceptors (Lipinski definition) is 2. The predicted molar refractivity (Wildman–Crippen MR) is 62.7 cm³/mol. The van der Waals surface area contributed by atoms with Gasteiger partial charge in [0.2, 0.25) is 5.91 Å². The molecule has 0 atom stereocenters. The lowest BCUT2D eigenvalue weighted by Gasteiger charge is -2.24. The third-order valence-electron chi connectivity index (χ3n) is 3.24. The first-order valence-corrected chi connectivity index (χ1v) is 6.09. The molecule has 0 aliphatic heterocycles. The smallest absolute Gasteiger partial charge is 0.222 e. The summed E-state index contributed by atoms with van der Waals surface area (Å²) in [5.74, 6) is 0.261. The molecule has 1 N–H and O–H groups in total. The normalized spacial score (nSPS) is 17.7. The summed E-state index contributed by atoms with van der Waals surface area (Å²) in [6, 6.07) is 0.751. The van der Waals surface area contributed by atoms with Crippen molar-refractivity contribution in [3.63, 3.8) is 0 Å². The maximum absolute atomic E-state index is 11.3. The standard InChI is InChI=1S/C12H24N2O/c1-10(2)12(15)13-8-9-14(3)11-6-4-5-7-11/h10-11H,4-9H2,1-3H3,(H,13,15). The van der Waals surface area contributed by atoms with Gasteiger partial charge in [0.1, 0.15) is 0 Å². The monoisotopic (exact) mass is 212 g/mol. The summed E-state index contributed by atoms with van der Waals surface area (Å²) >= 11 is 0. The molecule has 1 aliphatic carbocycles. The Morgan fingerprint density at radius 2 is 2.00 bits per heavy atom. The van der Waals surface area contributed by atoms with Crippen LogP contribution in [-0.4, -0.2) is 37.0 Å². The van der Waals surface area contributed by atoms with E-state index in [9.17, 15) is 4.79 Å². The van der Waals surface area contributed by atoms with E-state index in [-0.39, 0.29) is 11.8 Å². The quantitative estimate of drug-likeness (QED) is 0.751. The number of nitrogens with one attached hydrogen (secondary N) is 1. The largest absolute Gasteiger partial charge is 0.355 e. The van der Waals surface area contributed by atoms with Gasteiger partial charge < -0.3 is 10.2 Å². The van der Waals surface area contributed by atoms with Gasteiger partial charge in [-0.2, -0.15) is 0 Å². The van der Waals surface area contributed by atoms with Gasteiger partial charge in [0, 0.05) is 25.0 Å². The molecule has 0 aromatic rings. The van der Waals surface area contributed by atoms with Crippen LogP contribution in [-0.2, 0) is 4.79 Å². The fraction of sp³-hybridized carbons (Fsp3) is 0.917. The summed E-state index contributed by atoms with van der Waals surface area (Å²) in [6.45, 7) is 5.61. The maximum atomic E-state index is 11.3. The highest BCUT2D eigenvalue weighted by Gasteiger charge is 2.19. The zero-order chi connectivity index (χ0) is 11.3. The Morgan fingerprint density at radius 1 is 1.40 bits per heavy atom. The number of rotatable bonds is 5. The molecular formula is C12H24N2O. The molecule has 0 bridgehead atoms. The SMILES string of the molecule is CC(C)C(=O)NCCN(C)C1CCCC1. The van der Waals surface area contributed by atoms with E-state index in [1.165, 1.54) is 25.7 Å². The van der Waals surface area contributed by atoms with Crippen molar-refractivity contribution in [3.8, 4) is 0 Å². The first-order chi connectivity index (χ1) is 7.11. The fourth-order valence-electron chi connectivity index (χ4n) is 2.09. The van der Waals surface area contributed by atoms with Gasteiger partial charge in [0.15, 0.2) is 0 Å². The zero-order valence-corrected chi connectivity index (χ0v) is 10.3. The van der Waals surface area contributed by atoms with Gasteiger partial charge in [-0.25, -0.2) is 0 Å². The molecule has 0 radical (unpaired) electrons. The fourth-order valence-corrected chi connectivity index (χ4v) is 2.09. The molecule has 0 unspecified atom stereocenters. The average molecular weight is 212 g/mol. The lowest BCUT2D eigenvalue weighted by atomic mass is 10.2. The molecule has 1 fully saturated rings. The Kier molecular flexibility index (Phi) is 5.09. The number of amides is 1. The molecule has 0 spiro atoms. The molecular weight excluding hydrogens is 188 g/mol. The first-order valence-electron chi connectivity index (χ1n) is 6.09.